The Hall–Kier alpha value is -3.26. The molecule has 2 aromatic carbocycles. The summed E-state index contributed by atoms with van der Waals surface area (Å²) in [6.45, 7) is 0.566. The van der Waals surface area contributed by atoms with Crippen LogP contribution in [-0.2, 0) is 23.2 Å². The molecular weight excluding hydrogens is 506 g/mol. The summed E-state index contributed by atoms with van der Waals surface area (Å²) in [7, 11) is 0. The van der Waals surface area contributed by atoms with Crippen LogP contribution in [0, 0.1) is 0 Å². The number of benzene rings is 2. The number of rotatable bonds is 5. The molecule has 188 valence electrons. The van der Waals surface area contributed by atoms with Gasteiger partial charge in [0.1, 0.15) is 5.82 Å². The fourth-order valence-corrected chi connectivity index (χ4v) is 6.50. The van der Waals surface area contributed by atoms with E-state index in [1.165, 1.54) is 16.0 Å². The second-order valence-electron chi connectivity index (χ2n) is 9.81. The predicted octanol–water partition coefficient (Wildman–Crippen LogP) is 5.24. The molecule has 1 fully saturated rings. The summed E-state index contributed by atoms with van der Waals surface area (Å²) in [5, 5.41) is 13.3. The molecule has 37 heavy (non-hydrogen) atoms. The number of nitrogens with one attached hydrogen (secondary N) is 1. The van der Waals surface area contributed by atoms with E-state index in [1.54, 1.807) is 40.5 Å². The van der Waals surface area contributed by atoms with Gasteiger partial charge in [-0.15, -0.1) is 11.3 Å². The Morgan fingerprint density at radius 3 is 2.68 bits per heavy atom. The maximum Gasteiger partial charge on any atom is 0.256 e. The van der Waals surface area contributed by atoms with E-state index < -0.39 is 12.0 Å². The number of aliphatic hydroxyl groups excluding tert-OH is 1. The van der Waals surface area contributed by atoms with Crippen molar-refractivity contribution in [1.29, 1.82) is 0 Å². The molecule has 1 aliphatic carbocycles. The highest BCUT2D eigenvalue weighted by Gasteiger charge is 2.50. The molecule has 3 heterocycles. The first-order chi connectivity index (χ1) is 17.9. The molecule has 2 N–H and O–H groups in total. The molecule has 8 heteroatoms. The van der Waals surface area contributed by atoms with Crippen LogP contribution in [0.5, 0.6) is 0 Å². The number of hydrogen-bond acceptors (Lipinski definition) is 5. The molecule has 1 aliphatic heterocycles. The lowest BCUT2D eigenvalue weighted by atomic mass is 10.0. The van der Waals surface area contributed by atoms with Gasteiger partial charge in [-0.3, -0.25) is 9.59 Å². The number of fused-ring (bicyclic) bond motifs is 1. The molecule has 1 saturated carbocycles. The maximum absolute atomic E-state index is 13.3. The number of H-pyrrole nitrogens is 1. The smallest absolute Gasteiger partial charge is 0.256 e. The second kappa shape index (κ2) is 9.56. The maximum atomic E-state index is 13.3. The van der Waals surface area contributed by atoms with E-state index in [2.05, 4.69) is 28.6 Å². The standard InChI is InChI=1S/C29H26ClN3O3S/c30-21-9-4-8-19(14-21)25(34)27(36)33-13-5-10-23-22(16-33)26(35)32-28(31-23)29(11-12-29)24-15-20(17-37-24)18-6-2-1-3-7-18/h1-4,6-9,14-15,17,25,34H,5,10-13,16H2,(H,31,32,35)/t25-/m1/s1. The van der Waals surface area contributed by atoms with Crippen LogP contribution in [0.4, 0.5) is 0 Å². The molecule has 6 rings (SSSR count). The van der Waals surface area contributed by atoms with E-state index in [1.807, 2.05) is 18.2 Å². The highest BCUT2D eigenvalue weighted by atomic mass is 35.5. The molecule has 0 bridgehead atoms. The monoisotopic (exact) mass is 531 g/mol. The quantitative estimate of drug-likeness (QED) is 0.369. The number of hydrogen-bond donors (Lipinski definition) is 2. The van der Waals surface area contributed by atoms with Crippen LogP contribution in [-0.4, -0.2) is 32.4 Å². The third-order valence-corrected chi connectivity index (χ3v) is 8.75. The Balaban J connectivity index is 1.27. The van der Waals surface area contributed by atoms with Crippen molar-refractivity contribution in [3.63, 3.8) is 0 Å². The van der Waals surface area contributed by atoms with Crippen molar-refractivity contribution in [3.05, 3.63) is 109 Å². The summed E-state index contributed by atoms with van der Waals surface area (Å²) >= 11 is 7.75. The molecule has 0 unspecified atom stereocenters. The average molecular weight is 532 g/mol. The molecule has 0 spiro atoms. The van der Waals surface area contributed by atoms with Crippen LogP contribution in [0.2, 0.25) is 5.02 Å². The molecule has 2 aromatic heterocycles. The Kier molecular flexibility index (Phi) is 6.23. The van der Waals surface area contributed by atoms with Gasteiger partial charge in [-0.1, -0.05) is 54.1 Å². The number of aromatic nitrogens is 2. The number of aryl methyl sites for hydroxylation is 1. The Morgan fingerprint density at radius 2 is 1.92 bits per heavy atom. The summed E-state index contributed by atoms with van der Waals surface area (Å²) < 4.78 is 0. The summed E-state index contributed by atoms with van der Waals surface area (Å²) in [6, 6.07) is 19.1. The number of carbonyl (C=O) groups excluding carboxylic acids is 1. The minimum atomic E-state index is -1.33. The zero-order valence-corrected chi connectivity index (χ0v) is 21.7. The zero-order chi connectivity index (χ0) is 25.6. The van der Waals surface area contributed by atoms with Gasteiger partial charge in [0.15, 0.2) is 6.10 Å². The van der Waals surface area contributed by atoms with Crippen molar-refractivity contribution in [1.82, 2.24) is 14.9 Å². The largest absolute Gasteiger partial charge is 0.378 e. The van der Waals surface area contributed by atoms with Crippen LogP contribution in [0.3, 0.4) is 0 Å². The predicted molar refractivity (Wildman–Crippen MR) is 145 cm³/mol. The zero-order valence-electron chi connectivity index (χ0n) is 20.1. The average Bonchev–Trinajstić information content (AvgIpc) is 3.63. The van der Waals surface area contributed by atoms with Crippen LogP contribution < -0.4 is 5.56 Å². The van der Waals surface area contributed by atoms with Crippen molar-refractivity contribution < 1.29 is 9.90 Å². The molecule has 4 aromatic rings. The van der Waals surface area contributed by atoms with E-state index in [0.29, 0.717) is 35.5 Å². The highest BCUT2D eigenvalue weighted by molar-refractivity contribution is 7.10. The SMILES string of the molecule is O=C([C@H](O)c1cccc(Cl)c1)N1CCCc2nc(C3(c4cc(-c5ccccc5)cs4)CC3)[nH]c(=O)c2C1. The summed E-state index contributed by atoms with van der Waals surface area (Å²) in [5.74, 6) is 0.278. The van der Waals surface area contributed by atoms with E-state index in [4.69, 9.17) is 16.6 Å². The number of thiophene rings is 1. The van der Waals surface area contributed by atoms with Crippen molar-refractivity contribution in [2.24, 2.45) is 0 Å². The van der Waals surface area contributed by atoms with Gasteiger partial charge in [-0.05, 0) is 66.0 Å². The lowest BCUT2D eigenvalue weighted by Crippen LogP contribution is -2.36. The molecule has 0 saturated heterocycles. The number of aromatic amines is 1. The molecule has 1 atom stereocenters. The van der Waals surface area contributed by atoms with Crippen molar-refractivity contribution in [2.75, 3.05) is 6.54 Å². The first-order valence-corrected chi connectivity index (χ1v) is 13.7. The summed E-state index contributed by atoms with van der Waals surface area (Å²) in [5.41, 5.74) is 3.58. The first kappa shape index (κ1) is 24.1. The number of nitrogens with zero attached hydrogens (tertiary/aromatic N) is 2. The minimum absolute atomic E-state index is 0.124. The number of aliphatic hydroxyl groups is 1. The third kappa shape index (κ3) is 4.52. The normalized spacial score (nSPS) is 17.1. The van der Waals surface area contributed by atoms with Gasteiger partial charge < -0.3 is 15.0 Å². The van der Waals surface area contributed by atoms with E-state index >= 15 is 0 Å². The van der Waals surface area contributed by atoms with Crippen molar-refractivity contribution in [3.8, 4) is 11.1 Å². The summed E-state index contributed by atoms with van der Waals surface area (Å²) in [6.07, 6.45) is 1.83. The minimum Gasteiger partial charge on any atom is -0.378 e. The first-order valence-electron chi connectivity index (χ1n) is 12.4. The van der Waals surface area contributed by atoms with Gasteiger partial charge in [0, 0.05) is 16.4 Å². The van der Waals surface area contributed by atoms with Gasteiger partial charge in [0.25, 0.3) is 11.5 Å². The van der Waals surface area contributed by atoms with Crippen molar-refractivity contribution in [2.45, 2.75) is 43.7 Å². The molecule has 1 amide bonds. The lowest BCUT2D eigenvalue weighted by molar-refractivity contribution is -0.141. The van der Waals surface area contributed by atoms with Crippen LogP contribution in [0.1, 0.15) is 52.9 Å². The molecule has 0 radical (unpaired) electrons. The molecule has 6 nitrogen and oxygen atoms in total. The fraction of sp³-hybridized carbons (Fsp3) is 0.276. The molecular formula is C29H26ClN3O3S. The second-order valence-corrected chi connectivity index (χ2v) is 11.2. The third-order valence-electron chi connectivity index (χ3n) is 7.38. The van der Waals surface area contributed by atoms with E-state index in [0.717, 1.165) is 24.4 Å². The Bertz CT molecular complexity index is 1530. The highest BCUT2D eigenvalue weighted by Crippen LogP contribution is 2.54. The van der Waals surface area contributed by atoms with Crippen LogP contribution >= 0.6 is 22.9 Å². The van der Waals surface area contributed by atoms with E-state index in [9.17, 15) is 14.7 Å². The van der Waals surface area contributed by atoms with E-state index in [-0.39, 0.29) is 17.5 Å². The Morgan fingerprint density at radius 1 is 1.11 bits per heavy atom. The Labute approximate surface area is 223 Å². The number of halogens is 1. The fourth-order valence-electron chi connectivity index (χ4n) is 5.12. The lowest BCUT2D eigenvalue weighted by Gasteiger charge is -2.24. The number of amides is 1. The van der Waals surface area contributed by atoms with Gasteiger partial charge in [0.05, 0.1) is 23.2 Å². The number of carbonyl (C=O) groups is 1. The van der Waals surface area contributed by atoms with Crippen molar-refractivity contribution >= 4 is 28.8 Å². The van der Waals surface area contributed by atoms with Gasteiger partial charge in [-0.25, -0.2) is 4.98 Å². The van der Waals surface area contributed by atoms with Gasteiger partial charge in [-0.2, -0.15) is 0 Å². The topological polar surface area (TPSA) is 86.3 Å². The molecule has 2 aliphatic rings. The van der Waals surface area contributed by atoms with Gasteiger partial charge >= 0.3 is 0 Å². The van der Waals surface area contributed by atoms with Gasteiger partial charge in [0.2, 0.25) is 0 Å². The summed E-state index contributed by atoms with van der Waals surface area (Å²) in [4.78, 5) is 37.2. The van der Waals surface area contributed by atoms with Crippen LogP contribution in [0.25, 0.3) is 11.1 Å². The van der Waals surface area contributed by atoms with Crippen LogP contribution in [0.15, 0.2) is 70.8 Å².